The maximum Gasteiger partial charge on any atom is 0.243 e. The first-order valence-electron chi connectivity index (χ1n) is 11.2. The summed E-state index contributed by atoms with van der Waals surface area (Å²) in [6.07, 6.45) is 3.55. The second-order valence-electron chi connectivity index (χ2n) is 8.36. The average molecular weight is 455 g/mol. The van der Waals surface area contributed by atoms with Crippen LogP contribution in [0.3, 0.4) is 0 Å². The Morgan fingerprint density at radius 3 is 2.44 bits per heavy atom. The summed E-state index contributed by atoms with van der Waals surface area (Å²) in [4.78, 5) is 14.8. The van der Waals surface area contributed by atoms with Gasteiger partial charge in [0.15, 0.2) is 0 Å². The van der Waals surface area contributed by atoms with Gasteiger partial charge in [-0.3, -0.25) is 4.79 Å². The number of amides is 1. The number of aryl methyl sites for hydroxylation is 2. The van der Waals surface area contributed by atoms with Crippen molar-refractivity contribution < 1.29 is 17.6 Å². The number of benzene rings is 2. The first-order valence-corrected chi connectivity index (χ1v) is 12.7. The molecular formula is C25H30N2O4S. The minimum Gasteiger partial charge on any atom is -0.461 e. The number of para-hydroxylation sites is 1. The highest BCUT2D eigenvalue weighted by atomic mass is 32.2. The largest absolute Gasteiger partial charge is 0.461 e. The van der Waals surface area contributed by atoms with E-state index in [1.807, 2.05) is 43.4 Å². The highest BCUT2D eigenvalue weighted by molar-refractivity contribution is 7.89. The van der Waals surface area contributed by atoms with Crippen molar-refractivity contribution in [2.24, 2.45) is 0 Å². The van der Waals surface area contributed by atoms with Crippen LogP contribution >= 0.6 is 0 Å². The Bertz CT molecular complexity index is 1190. The van der Waals surface area contributed by atoms with Crippen LogP contribution in [0.5, 0.6) is 0 Å². The number of carbonyl (C=O) groups excluding carboxylic acids is 1. The molecule has 1 aromatic heterocycles. The lowest BCUT2D eigenvalue weighted by Crippen LogP contribution is -2.27. The standard InChI is InChI=1S/C25H30N2O4S/c1-3-23-22(21-8-4-5-9-24(21)31-23)18-26(2)25(28)15-12-19-10-13-20(14-11-19)32(29,30)27-16-6-7-17-27/h4-5,8-11,13-14H,3,6-7,12,15-18H2,1-2H3. The Kier molecular flexibility index (Phi) is 6.67. The normalized spacial score (nSPS) is 14.8. The Balaban J connectivity index is 1.38. The molecule has 7 heteroatoms. The van der Waals surface area contributed by atoms with Crippen molar-refractivity contribution in [1.82, 2.24) is 9.21 Å². The predicted molar refractivity (Wildman–Crippen MR) is 125 cm³/mol. The molecule has 3 aromatic rings. The summed E-state index contributed by atoms with van der Waals surface area (Å²) in [5.74, 6) is 0.965. The van der Waals surface area contributed by atoms with Crippen LogP contribution in [0.4, 0.5) is 0 Å². The second kappa shape index (κ2) is 9.46. The molecule has 0 atom stereocenters. The van der Waals surface area contributed by atoms with E-state index in [2.05, 4.69) is 6.92 Å². The van der Waals surface area contributed by atoms with Gasteiger partial charge in [-0.15, -0.1) is 0 Å². The number of fused-ring (bicyclic) bond motifs is 1. The maximum atomic E-state index is 12.8. The van der Waals surface area contributed by atoms with Crippen LogP contribution in [-0.4, -0.2) is 43.7 Å². The van der Waals surface area contributed by atoms with E-state index in [-0.39, 0.29) is 5.91 Å². The summed E-state index contributed by atoms with van der Waals surface area (Å²) >= 11 is 0. The molecule has 2 aromatic carbocycles. The summed E-state index contributed by atoms with van der Waals surface area (Å²) < 4.78 is 32.8. The third-order valence-electron chi connectivity index (χ3n) is 6.18. The van der Waals surface area contributed by atoms with Gasteiger partial charge in [0.05, 0.1) is 4.90 Å². The number of nitrogens with zero attached hydrogens (tertiary/aromatic N) is 2. The van der Waals surface area contributed by atoms with Crippen LogP contribution in [0.15, 0.2) is 57.8 Å². The molecule has 1 amide bonds. The smallest absolute Gasteiger partial charge is 0.243 e. The molecule has 1 aliphatic rings. The van der Waals surface area contributed by atoms with E-state index in [4.69, 9.17) is 4.42 Å². The van der Waals surface area contributed by atoms with Gasteiger partial charge in [-0.2, -0.15) is 4.31 Å². The summed E-state index contributed by atoms with van der Waals surface area (Å²) in [6, 6.07) is 14.9. The van der Waals surface area contributed by atoms with Gasteiger partial charge in [-0.1, -0.05) is 37.3 Å². The van der Waals surface area contributed by atoms with Gasteiger partial charge in [-0.25, -0.2) is 8.42 Å². The second-order valence-corrected chi connectivity index (χ2v) is 10.3. The molecule has 32 heavy (non-hydrogen) atoms. The highest BCUT2D eigenvalue weighted by Crippen LogP contribution is 2.27. The molecule has 1 aliphatic heterocycles. The van der Waals surface area contributed by atoms with E-state index in [0.717, 1.165) is 47.1 Å². The summed E-state index contributed by atoms with van der Waals surface area (Å²) in [5, 5.41) is 1.05. The Hall–Kier alpha value is -2.64. The number of hydrogen-bond acceptors (Lipinski definition) is 4. The molecule has 6 nitrogen and oxygen atoms in total. The van der Waals surface area contributed by atoms with Crippen molar-refractivity contribution in [3.8, 4) is 0 Å². The molecule has 0 spiro atoms. The molecule has 1 fully saturated rings. The first-order chi connectivity index (χ1) is 15.4. The number of rotatable bonds is 8. The van der Waals surface area contributed by atoms with Crippen molar-refractivity contribution in [1.29, 1.82) is 0 Å². The zero-order chi connectivity index (χ0) is 22.7. The lowest BCUT2D eigenvalue weighted by atomic mass is 10.1. The molecular weight excluding hydrogens is 424 g/mol. The molecule has 1 saturated heterocycles. The van der Waals surface area contributed by atoms with Gasteiger partial charge >= 0.3 is 0 Å². The van der Waals surface area contributed by atoms with Crippen molar-refractivity contribution >= 4 is 26.9 Å². The fourth-order valence-corrected chi connectivity index (χ4v) is 5.80. The number of hydrogen-bond donors (Lipinski definition) is 0. The van der Waals surface area contributed by atoms with Crippen LogP contribution in [-0.2, 0) is 34.2 Å². The van der Waals surface area contributed by atoms with Crippen molar-refractivity contribution in [2.45, 2.75) is 50.5 Å². The van der Waals surface area contributed by atoms with Gasteiger partial charge in [-0.05, 0) is 43.0 Å². The van der Waals surface area contributed by atoms with Gasteiger partial charge in [0, 0.05) is 50.5 Å². The van der Waals surface area contributed by atoms with E-state index in [9.17, 15) is 13.2 Å². The number of sulfonamides is 1. The van der Waals surface area contributed by atoms with Gasteiger partial charge in [0.1, 0.15) is 11.3 Å². The monoisotopic (exact) mass is 454 g/mol. The lowest BCUT2D eigenvalue weighted by Gasteiger charge is -2.18. The van der Waals surface area contributed by atoms with E-state index < -0.39 is 10.0 Å². The predicted octanol–water partition coefficient (Wildman–Crippen LogP) is 4.37. The van der Waals surface area contributed by atoms with E-state index in [1.165, 1.54) is 0 Å². The van der Waals surface area contributed by atoms with Crippen molar-refractivity contribution in [3.05, 3.63) is 65.4 Å². The Morgan fingerprint density at radius 2 is 1.75 bits per heavy atom. The average Bonchev–Trinajstić information content (AvgIpc) is 3.47. The van der Waals surface area contributed by atoms with Gasteiger partial charge in [0.2, 0.25) is 15.9 Å². The van der Waals surface area contributed by atoms with Crippen LogP contribution in [0.1, 0.15) is 43.1 Å². The molecule has 0 bridgehead atoms. The van der Waals surface area contributed by atoms with E-state index in [0.29, 0.717) is 37.4 Å². The summed E-state index contributed by atoms with van der Waals surface area (Å²) in [7, 11) is -1.59. The van der Waals surface area contributed by atoms with E-state index in [1.54, 1.807) is 21.3 Å². The fourth-order valence-electron chi connectivity index (χ4n) is 4.28. The molecule has 0 aliphatic carbocycles. The topological polar surface area (TPSA) is 70.8 Å². The molecule has 0 N–H and O–H groups in total. The minimum atomic E-state index is -3.40. The first kappa shape index (κ1) is 22.6. The molecule has 4 rings (SSSR count). The van der Waals surface area contributed by atoms with E-state index >= 15 is 0 Å². The van der Waals surface area contributed by atoms with Crippen LogP contribution < -0.4 is 0 Å². The van der Waals surface area contributed by atoms with Crippen LogP contribution in [0.25, 0.3) is 11.0 Å². The Morgan fingerprint density at radius 1 is 1.06 bits per heavy atom. The molecule has 0 unspecified atom stereocenters. The Labute approximate surface area is 189 Å². The van der Waals surface area contributed by atoms with Gasteiger partial charge < -0.3 is 9.32 Å². The number of carbonyl (C=O) groups is 1. The zero-order valence-electron chi connectivity index (χ0n) is 18.7. The molecule has 0 saturated carbocycles. The number of furan rings is 1. The van der Waals surface area contributed by atoms with Crippen LogP contribution in [0, 0.1) is 0 Å². The minimum absolute atomic E-state index is 0.0473. The maximum absolute atomic E-state index is 12.8. The lowest BCUT2D eigenvalue weighted by molar-refractivity contribution is -0.130. The van der Waals surface area contributed by atoms with Crippen molar-refractivity contribution in [2.75, 3.05) is 20.1 Å². The van der Waals surface area contributed by atoms with Crippen molar-refractivity contribution in [3.63, 3.8) is 0 Å². The quantitative estimate of drug-likeness (QED) is 0.507. The third-order valence-corrected chi connectivity index (χ3v) is 8.09. The SMILES string of the molecule is CCc1oc2ccccc2c1CN(C)C(=O)CCc1ccc(S(=O)(=O)N2CCCC2)cc1. The molecule has 2 heterocycles. The van der Waals surface area contributed by atoms with Crippen LogP contribution in [0.2, 0.25) is 0 Å². The third kappa shape index (κ3) is 4.59. The summed E-state index contributed by atoms with van der Waals surface area (Å²) in [5.41, 5.74) is 2.87. The molecule has 0 radical (unpaired) electrons. The summed E-state index contributed by atoms with van der Waals surface area (Å²) in [6.45, 7) is 3.75. The fraction of sp³-hybridized carbons (Fsp3) is 0.400. The highest BCUT2D eigenvalue weighted by Gasteiger charge is 2.27. The zero-order valence-corrected chi connectivity index (χ0v) is 19.5. The molecule has 170 valence electrons. The van der Waals surface area contributed by atoms with Gasteiger partial charge in [0.25, 0.3) is 0 Å².